The van der Waals surface area contributed by atoms with Gasteiger partial charge in [-0.25, -0.2) is 4.79 Å². The first-order valence-electron chi connectivity index (χ1n) is 5.80. The van der Waals surface area contributed by atoms with Gasteiger partial charge < -0.3 is 14.5 Å². The van der Waals surface area contributed by atoms with E-state index >= 15 is 0 Å². The lowest BCUT2D eigenvalue weighted by atomic mass is 10.1. The maximum atomic E-state index is 11.9. The quantitative estimate of drug-likeness (QED) is 0.714. The predicted molar refractivity (Wildman–Crippen MR) is 59.9 cm³/mol. The average Bonchev–Trinajstić information content (AvgIpc) is 2.28. The lowest BCUT2D eigenvalue weighted by molar-refractivity contribution is 0.0127. The minimum absolute atomic E-state index is 0.127. The number of ether oxygens (including phenoxy) is 1. The van der Waals surface area contributed by atoms with Crippen LogP contribution in [0.25, 0.3) is 0 Å². The van der Waals surface area contributed by atoms with E-state index in [9.17, 15) is 4.79 Å². The molecule has 88 valence electrons. The lowest BCUT2D eigenvalue weighted by Crippen LogP contribution is -2.48. The van der Waals surface area contributed by atoms with E-state index in [4.69, 9.17) is 4.74 Å². The zero-order valence-electron chi connectivity index (χ0n) is 10.0. The highest BCUT2D eigenvalue weighted by molar-refractivity contribution is 5.74. The molecule has 0 saturated carbocycles. The molecule has 2 amide bonds. The van der Waals surface area contributed by atoms with Crippen LogP contribution in [-0.2, 0) is 4.74 Å². The molecule has 0 radical (unpaired) electrons. The Morgan fingerprint density at radius 1 is 1.53 bits per heavy atom. The Bertz CT molecular complexity index is 207. The van der Waals surface area contributed by atoms with E-state index < -0.39 is 0 Å². The van der Waals surface area contributed by atoms with E-state index in [0.29, 0.717) is 0 Å². The Labute approximate surface area is 92.2 Å². The fourth-order valence-corrected chi connectivity index (χ4v) is 1.86. The summed E-state index contributed by atoms with van der Waals surface area (Å²) in [6.45, 7) is 7.09. The van der Waals surface area contributed by atoms with Crippen LogP contribution in [0.15, 0.2) is 0 Å². The smallest absolute Gasteiger partial charge is 0.319 e. The van der Waals surface area contributed by atoms with E-state index in [1.165, 1.54) is 0 Å². The van der Waals surface area contributed by atoms with Crippen LogP contribution in [0.2, 0.25) is 0 Å². The van der Waals surface area contributed by atoms with Gasteiger partial charge in [-0.2, -0.15) is 0 Å². The molecule has 1 saturated heterocycles. The van der Waals surface area contributed by atoms with Crippen molar-refractivity contribution in [2.75, 3.05) is 33.3 Å². The average molecular weight is 214 g/mol. The Morgan fingerprint density at radius 3 is 2.87 bits per heavy atom. The molecule has 15 heavy (non-hydrogen) atoms. The highest BCUT2D eigenvalue weighted by atomic mass is 16.5. The third kappa shape index (κ3) is 3.38. The van der Waals surface area contributed by atoms with Gasteiger partial charge in [0.05, 0.1) is 6.10 Å². The van der Waals surface area contributed by atoms with E-state index in [-0.39, 0.29) is 12.1 Å². The van der Waals surface area contributed by atoms with E-state index in [1.54, 1.807) is 4.90 Å². The van der Waals surface area contributed by atoms with E-state index in [0.717, 1.165) is 39.1 Å². The van der Waals surface area contributed by atoms with Crippen LogP contribution in [0.5, 0.6) is 0 Å². The number of rotatable bonds is 3. The monoisotopic (exact) mass is 214 g/mol. The first kappa shape index (κ1) is 12.3. The molecular formula is C11H22N2O2. The van der Waals surface area contributed by atoms with Crippen molar-refractivity contribution in [1.29, 1.82) is 0 Å². The molecule has 0 bridgehead atoms. The van der Waals surface area contributed by atoms with Gasteiger partial charge in [-0.15, -0.1) is 0 Å². The number of amides is 2. The third-order valence-electron chi connectivity index (χ3n) is 2.85. The molecule has 0 aromatic heterocycles. The van der Waals surface area contributed by atoms with Crippen molar-refractivity contribution >= 4 is 6.03 Å². The van der Waals surface area contributed by atoms with E-state index in [2.05, 4.69) is 0 Å². The minimum Gasteiger partial charge on any atom is -0.377 e. The highest BCUT2D eigenvalue weighted by Gasteiger charge is 2.25. The molecule has 1 aliphatic rings. The van der Waals surface area contributed by atoms with Gasteiger partial charge in [0, 0.05) is 33.3 Å². The molecule has 0 aromatic rings. The first-order chi connectivity index (χ1) is 7.19. The molecule has 0 aromatic carbocycles. The molecule has 4 heteroatoms. The second kappa shape index (κ2) is 5.95. The minimum atomic E-state index is 0.127. The van der Waals surface area contributed by atoms with Crippen LogP contribution in [0.1, 0.15) is 26.7 Å². The maximum Gasteiger partial charge on any atom is 0.319 e. The number of likely N-dealkylation sites (tertiary alicyclic amines) is 1. The van der Waals surface area contributed by atoms with Crippen molar-refractivity contribution in [1.82, 2.24) is 9.80 Å². The standard InChI is InChI=1S/C11H22N2O2/c1-4-12(3)11(14)13-8-6-7-10(9-13)15-5-2/h10H,4-9H2,1-3H3. The molecule has 0 N–H and O–H groups in total. The van der Waals surface area contributed by atoms with Crippen molar-refractivity contribution in [3.63, 3.8) is 0 Å². The lowest BCUT2D eigenvalue weighted by Gasteiger charge is -2.34. The molecule has 1 heterocycles. The molecule has 1 rings (SSSR count). The summed E-state index contributed by atoms with van der Waals surface area (Å²) in [6.07, 6.45) is 2.36. The summed E-state index contributed by atoms with van der Waals surface area (Å²) in [5.74, 6) is 0. The SMILES string of the molecule is CCOC1CCCN(C(=O)N(C)CC)C1. The van der Waals surface area contributed by atoms with Crippen molar-refractivity contribution in [2.45, 2.75) is 32.8 Å². The van der Waals surface area contributed by atoms with Gasteiger partial charge >= 0.3 is 6.03 Å². The van der Waals surface area contributed by atoms with Crippen molar-refractivity contribution < 1.29 is 9.53 Å². The topological polar surface area (TPSA) is 32.8 Å². The van der Waals surface area contributed by atoms with Gasteiger partial charge in [0.1, 0.15) is 0 Å². The zero-order valence-corrected chi connectivity index (χ0v) is 10.0. The van der Waals surface area contributed by atoms with Crippen LogP contribution < -0.4 is 0 Å². The molecular weight excluding hydrogens is 192 g/mol. The Kier molecular flexibility index (Phi) is 4.88. The highest BCUT2D eigenvalue weighted by Crippen LogP contribution is 2.14. The number of hydrogen-bond acceptors (Lipinski definition) is 2. The largest absolute Gasteiger partial charge is 0.377 e. The Morgan fingerprint density at radius 2 is 2.27 bits per heavy atom. The zero-order chi connectivity index (χ0) is 11.3. The molecule has 1 atom stereocenters. The number of hydrogen-bond donors (Lipinski definition) is 0. The van der Waals surface area contributed by atoms with Gasteiger partial charge in [-0.05, 0) is 26.7 Å². The number of piperidine rings is 1. The summed E-state index contributed by atoms with van der Waals surface area (Å²) >= 11 is 0. The summed E-state index contributed by atoms with van der Waals surface area (Å²) in [7, 11) is 1.84. The van der Waals surface area contributed by atoms with Crippen molar-refractivity contribution in [3.8, 4) is 0 Å². The normalized spacial score (nSPS) is 21.5. The third-order valence-corrected chi connectivity index (χ3v) is 2.85. The molecule has 0 aliphatic carbocycles. The second-order valence-corrected chi connectivity index (χ2v) is 3.96. The fourth-order valence-electron chi connectivity index (χ4n) is 1.86. The van der Waals surface area contributed by atoms with Crippen LogP contribution in [-0.4, -0.2) is 55.2 Å². The summed E-state index contributed by atoms with van der Waals surface area (Å²) in [4.78, 5) is 15.5. The van der Waals surface area contributed by atoms with Crippen LogP contribution in [0.4, 0.5) is 4.79 Å². The number of urea groups is 1. The number of carbonyl (C=O) groups is 1. The van der Waals surface area contributed by atoms with Gasteiger partial charge in [0.15, 0.2) is 0 Å². The summed E-state index contributed by atoms with van der Waals surface area (Å²) < 4.78 is 5.56. The number of nitrogens with zero attached hydrogens (tertiary/aromatic N) is 2. The van der Waals surface area contributed by atoms with E-state index in [1.807, 2.05) is 25.8 Å². The molecule has 4 nitrogen and oxygen atoms in total. The molecule has 0 spiro atoms. The molecule has 1 unspecified atom stereocenters. The van der Waals surface area contributed by atoms with Gasteiger partial charge in [-0.1, -0.05) is 0 Å². The summed E-state index contributed by atoms with van der Waals surface area (Å²) in [6, 6.07) is 0.127. The Balaban J connectivity index is 2.44. The van der Waals surface area contributed by atoms with Gasteiger partial charge in [0.2, 0.25) is 0 Å². The van der Waals surface area contributed by atoms with Crippen LogP contribution in [0.3, 0.4) is 0 Å². The van der Waals surface area contributed by atoms with Gasteiger partial charge in [-0.3, -0.25) is 0 Å². The fraction of sp³-hybridized carbons (Fsp3) is 0.909. The van der Waals surface area contributed by atoms with Crippen molar-refractivity contribution in [2.24, 2.45) is 0 Å². The van der Waals surface area contributed by atoms with Gasteiger partial charge in [0.25, 0.3) is 0 Å². The Hall–Kier alpha value is -0.770. The predicted octanol–water partition coefficient (Wildman–Crippen LogP) is 1.56. The first-order valence-corrected chi connectivity index (χ1v) is 5.80. The molecule has 1 aliphatic heterocycles. The molecule has 1 fully saturated rings. The second-order valence-electron chi connectivity index (χ2n) is 3.96. The summed E-state index contributed by atoms with van der Waals surface area (Å²) in [5, 5.41) is 0. The number of carbonyl (C=O) groups excluding carboxylic acids is 1. The summed E-state index contributed by atoms with van der Waals surface area (Å²) in [5.41, 5.74) is 0. The van der Waals surface area contributed by atoms with Crippen molar-refractivity contribution in [3.05, 3.63) is 0 Å². The maximum absolute atomic E-state index is 11.9. The van der Waals surface area contributed by atoms with Crippen LogP contribution in [0, 0.1) is 0 Å². The van der Waals surface area contributed by atoms with Crippen LogP contribution >= 0.6 is 0 Å².